The van der Waals surface area contributed by atoms with E-state index in [1.54, 1.807) is 60.7 Å². The van der Waals surface area contributed by atoms with Gasteiger partial charge in [0.15, 0.2) is 5.96 Å². The molecule has 1 saturated heterocycles. The van der Waals surface area contributed by atoms with Crippen LogP contribution in [0.2, 0.25) is 0 Å². The van der Waals surface area contributed by atoms with Crippen molar-refractivity contribution in [1.29, 1.82) is 0 Å². The molecule has 73 heavy (non-hydrogen) atoms. The van der Waals surface area contributed by atoms with E-state index >= 15 is 0 Å². The number of hydrogen-bond acceptors (Lipinski definition) is 14. The van der Waals surface area contributed by atoms with Crippen molar-refractivity contribution in [2.45, 2.75) is 93.7 Å². The van der Waals surface area contributed by atoms with E-state index in [9.17, 15) is 52.7 Å². The molecule has 27 heteroatoms. The molecule has 17 N–H and O–H groups in total. The largest absolute Gasteiger partial charge is 0.370 e. The lowest BCUT2D eigenvalue weighted by atomic mass is 10.0. The van der Waals surface area contributed by atoms with Crippen LogP contribution in [0.5, 0.6) is 0 Å². The third kappa shape index (κ3) is 20.2. The van der Waals surface area contributed by atoms with Gasteiger partial charge in [-0.2, -0.15) is 0 Å². The van der Waals surface area contributed by atoms with Crippen LogP contribution in [0.3, 0.4) is 0 Å². The molecule has 2 aliphatic rings. The Labute approximate surface area is 428 Å². The second-order valence-corrected chi connectivity index (χ2v) is 19.5. The van der Waals surface area contributed by atoms with Gasteiger partial charge in [-0.15, -0.1) is 0 Å². The first-order valence-electron chi connectivity index (χ1n) is 23.1. The predicted molar refractivity (Wildman–Crippen MR) is 270 cm³/mol. The fourth-order valence-electron chi connectivity index (χ4n) is 7.43. The molecule has 7 atom stereocenters. The minimum Gasteiger partial charge on any atom is -0.370 e. The number of amides is 11. The number of benzene rings is 2. The summed E-state index contributed by atoms with van der Waals surface area (Å²) in [5.74, 6) is -9.71. The molecule has 1 fully saturated rings. The Morgan fingerprint density at radius 3 is 1.86 bits per heavy atom. The maximum absolute atomic E-state index is 14.5. The van der Waals surface area contributed by atoms with Gasteiger partial charge in [0.05, 0.1) is 13.0 Å². The molecule has 4 rings (SSSR count). The standard InChI is InChI=1S/C46H62N14O11S2/c47-35(61)16-15-29-40(66)58-32(23-36(48)62)43(69)59-33(45(71)60-19-8-14-34(60)44(70)56-28(13-7-18-52-46(50)51)39(65)53-24-37(49)63)25-73-72-20-17-38(64)54-30(21-26-9-3-1-4-10-26)41(67)57-31(42(68)55-29)22-27-11-5-2-6-12-27/h1-6,8-12,14,28-34H,7,13,15-25H2,(H2,47,61)(H2,48,62)(H2,49,63)(H,53,65)(H,54,64)(H,55,68)(H,56,70)(H,57,67)(H,58,66)(H,59,69)(H4,50,51,52)/t28-,29-,30-,31-,32-,33-,34-/m0/s1. The van der Waals surface area contributed by atoms with E-state index in [-0.39, 0.29) is 62.7 Å². The molecule has 11 amide bonds. The lowest BCUT2D eigenvalue weighted by molar-refractivity contribution is -0.141. The molecule has 0 unspecified atom stereocenters. The molecule has 0 spiro atoms. The normalized spacial score (nSPS) is 21.6. The highest BCUT2D eigenvalue weighted by Gasteiger charge is 2.39. The van der Waals surface area contributed by atoms with Gasteiger partial charge < -0.3 is 70.8 Å². The Bertz CT molecular complexity index is 2380. The maximum atomic E-state index is 14.5. The second-order valence-electron chi connectivity index (χ2n) is 16.8. The summed E-state index contributed by atoms with van der Waals surface area (Å²) >= 11 is 0. The van der Waals surface area contributed by atoms with Crippen LogP contribution in [0, 0.1) is 0 Å². The van der Waals surface area contributed by atoms with Gasteiger partial charge in [-0.05, 0) is 30.4 Å². The number of nitrogens with two attached hydrogens (primary N) is 5. The number of rotatable bonds is 19. The summed E-state index contributed by atoms with van der Waals surface area (Å²) in [6, 6.07) is 7.43. The summed E-state index contributed by atoms with van der Waals surface area (Å²) < 4.78 is 0. The van der Waals surface area contributed by atoms with Gasteiger partial charge in [-0.1, -0.05) is 94.4 Å². The Morgan fingerprint density at radius 2 is 1.27 bits per heavy atom. The lowest BCUT2D eigenvalue weighted by Gasteiger charge is -2.30. The number of nitrogens with one attached hydrogen (secondary N) is 7. The summed E-state index contributed by atoms with van der Waals surface area (Å²) in [7, 11) is 2.20. The molecule has 0 bridgehead atoms. The van der Waals surface area contributed by atoms with Crippen molar-refractivity contribution in [2.24, 2.45) is 33.7 Å². The second kappa shape index (κ2) is 29.6. The molecule has 0 aromatic heterocycles. The van der Waals surface area contributed by atoms with E-state index in [0.29, 0.717) is 11.1 Å². The lowest BCUT2D eigenvalue weighted by Crippen LogP contribution is -2.61. The van der Waals surface area contributed by atoms with Crippen molar-refractivity contribution in [3.05, 3.63) is 83.9 Å². The first kappa shape index (κ1) is 57.9. The van der Waals surface area contributed by atoms with Gasteiger partial charge in [0.25, 0.3) is 0 Å². The molecule has 25 nitrogen and oxygen atoms in total. The molecule has 2 aromatic carbocycles. The fraction of sp³-hybridized carbons (Fsp3) is 0.435. The number of carbonyl (C=O) groups excluding carboxylic acids is 11. The minimum absolute atomic E-state index is 0.00273. The quantitative estimate of drug-likeness (QED) is 0.0208. The van der Waals surface area contributed by atoms with Crippen molar-refractivity contribution in [3.8, 4) is 0 Å². The number of hydrogen-bond donors (Lipinski definition) is 12. The molecule has 2 aliphatic heterocycles. The Morgan fingerprint density at radius 1 is 0.699 bits per heavy atom. The first-order chi connectivity index (χ1) is 34.8. The molecular weight excluding hydrogens is 989 g/mol. The van der Waals surface area contributed by atoms with E-state index in [1.165, 1.54) is 12.2 Å². The predicted octanol–water partition coefficient (Wildman–Crippen LogP) is -4.27. The SMILES string of the molecule is NC(=O)CC[C@@H]1NC(=O)[C@H](Cc2ccccc2)NC(=O)[C@H](Cc2ccccc2)NC(=O)CCSSC[C@@H](C(=O)N2CC=C[C@H]2C(=O)N[C@@H](CCCN=C(N)N)C(=O)NCC(N)=O)NC(=O)[C@H](CC(N)=O)NC1=O. The zero-order valence-corrected chi connectivity index (χ0v) is 41.4. The van der Waals surface area contributed by atoms with Crippen molar-refractivity contribution >= 4 is 92.5 Å². The van der Waals surface area contributed by atoms with Crippen molar-refractivity contribution in [3.63, 3.8) is 0 Å². The topological polar surface area (TPSA) is 418 Å². The van der Waals surface area contributed by atoms with Crippen LogP contribution in [-0.2, 0) is 65.6 Å². The Kier molecular flexibility index (Phi) is 23.5. The van der Waals surface area contributed by atoms with E-state index in [1.807, 2.05) is 0 Å². The number of carbonyl (C=O) groups is 11. The van der Waals surface area contributed by atoms with Crippen LogP contribution in [0.1, 0.15) is 49.7 Å². The van der Waals surface area contributed by atoms with Crippen LogP contribution in [-0.4, -0.2) is 149 Å². The third-order valence-electron chi connectivity index (χ3n) is 11.1. The zero-order chi connectivity index (χ0) is 53.5. The third-order valence-corrected chi connectivity index (χ3v) is 13.5. The summed E-state index contributed by atoms with van der Waals surface area (Å²) in [4.78, 5) is 153. The average Bonchev–Trinajstić information content (AvgIpc) is 3.84. The van der Waals surface area contributed by atoms with Crippen molar-refractivity contribution in [1.82, 2.24) is 42.1 Å². The van der Waals surface area contributed by atoms with Crippen LogP contribution < -0.4 is 65.9 Å². The molecule has 394 valence electrons. The average molecular weight is 1050 g/mol. The zero-order valence-electron chi connectivity index (χ0n) is 39.8. The van der Waals surface area contributed by atoms with Crippen LogP contribution >= 0.6 is 21.6 Å². The first-order valence-corrected chi connectivity index (χ1v) is 25.6. The van der Waals surface area contributed by atoms with Crippen molar-refractivity contribution < 1.29 is 52.7 Å². The Hall–Kier alpha value is -7.68. The van der Waals surface area contributed by atoms with Crippen LogP contribution in [0.25, 0.3) is 0 Å². The summed E-state index contributed by atoms with van der Waals surface area (Å²) in [6.45, 7) is -0.583. The molecular formula is C46H62N14O11S2. The summed E-state index contributed by atoms with van der Waals surface area (Å²) in [5.41, 5.74) is 28.3. The van der Waals surface area contributed by atoms with Crippen LogP contribution in [0.4, 0.5) is 0 Å². The molecule has 0 aliphatic carbocycles. The van der Waals surface area contributed by atoms with Gasteiger partial charge in [0.1, 0.15) is 42.3 Å². The highest BCUT2D eigenvalue weighted by atomic mass is 33.1. The molecule has 0 saturated carbocycles. The number of nitrogens with zero attached hydrogens (tertiary/aromatic N) is 2. The van der Waals surface area contributed by atoms with Crippen molar-refractivity contribution in [2.75, 3.05) is 31.1 Å². The highest BCUT2D eigenvalue weighted by Crippen LogP contribution is 2.25. The Balaban J connectivity index is 1.68. The minimum atomic E-state index is -1.77. The van der Waals surface area contributed by atoms with E-state index in [0.717, 1.165) is 26.5 Å². The number of primary amides is 3. The van der Waals surface area contributed by atoms with Crippen LogP contribution in [0.15, 0.2) is 77.8 Å². The molecule has 0 radical (unpaired) electrons. The number of guanidine groups is 1. The summed E-state index contributed by atoms with van der Waals surface area (Å²) in [5, 5.41) is 17.9. The molecule has 2 aromatic rings. The smallest absolute Gasteiger partial charge is 0.247 e. The van der Waals surface area contributed by atoms with Gasteiger partial charge in [-0.25, -0.2) is 0 Å². The number of aliphatic imine (C=N–C) groups is 1. The van der Waals surface area contributed by atoms with Gasteiger partial charge in [-0.3, -0.25) is 57.7 Å². The van der Waals surface area contributed by atoms with E-state index in [2.05, 4.69) is 42.2 Å². The fourth-order valence-corrected chi connectivity index (χ4v) is 9.57. The highest BCUT2D eigenvalue weighted by molar-refractivity contribution is 8.76. The van der Waals surface area contributed by atoms with Gasteiger partial charge in [0.2, 0.25) is 65.0 Å². The van der Waals surface area contributed by atoms with E-state index < -0.39 is 133 Å². The summed E-state index contributed by atoms with van der Waals surface area (Å²) in [6.07, 6.45) is 1.27. The molecule has 2 heterocycles. The maximum Gasteiger partial charge on any atom is 0.247 e. The van der Waals surface area contributed by atoms with E-state index in [4.69, 9.17) is 28.7 Å². The van der Waals surface area contributed by atoms with Gasteiger partial charge >= 0.3 is 0 Å². The monoisotopic (exact) mass is 1050 g/mol. The van der Waals surface area contributed by atoms with Gasteiger partial charge in [0, 0.05) is 50.3 Å².